The molecule has 0 bridgehead atoms. The van der Waals surface area contributed by atoms with E-state index in [1.165, 1.54) is 0 Å². The van der Waals surface area contributed by atoms with Gasteiger partial charge in [0.2, 0.25) is 0 Å². The number of carbonyl (C=O) groups excluding carboxylic acids is 3. The highest BCUT2D eigenvalue weighted by Gasteiger charge is 2.31. The van der Waals surface area contributed by atoms with Gasteiger partial charge in [0, 0.05) is 19.3 Å². The van der Waals surface area contributed by atoms with Gasteiger partial charge in [0.1, 0.15) is 19.8 Å². The second kappa shape index (κ2) is 17.3. The lowest BCUT2D eigenvalue weighted by atomic mass is 9.94. The van der Waals surface area contributed by atoms with Crippen molar-refractivity contribution in [2.75, 3.05) is 19.8 Å². The zero-order valence-electron chi connectivity index (χ0n) is 18.8. The Morgan fingerprint density at radius 2 is 0.862 bits per heavy atom. The van der Waals surface area contributed by atoms with Gasteiger partial charge >= 0.3 is 17.9 Å². The highest BCUT2D eigenvalue weighted by Crippen LogP contribution is 2.20. The first-order chi connectivity index (χ1) is 13.9. The van der Waals surface area contributed by atoms with Gasteiger partial charge in [0.15, 0.2) is 0 Å². The maximum Gasteiger partial charge on any atom is 0.305 e. The number of carbonyl (C=O) groups is 3. The van der Waals surface area contributed by atoms with Crippen LogP contribution in [0.25, 0.3) is 0 Å². The van der Waals surface area contributed by atoms with Gasteiger partial charge < -0.3 is 14.2 Å². The monoisotopic (exact) mass is 413 g/mol. The Hall–Kier alpha value is -1.59. The number of hydrogen-bond donors (Lipinski definition) is 0. The highest BCUT2D eigenvalue weighted by atomic mass is 16.6. The number of ether oxygens (including phenoxy) is 3. The topological polar surface area (TPSA) is 78.9 Å². The molecule has 0 aliphatic carbocycles. The predicted molar refractivity (Wildman–Crippen MR) is 113 cm³/mol. The third kappa shape index (κ3) is 16.0. The third-order valence-electron chi connectivity index (χ3n) is 4.57. The molecule has 0 atom stereocenters. The molecule has 0 rings (SSSR count). The number of hydrogen-bond acceptors (Lipinski definition) is 6. The molecule has 0 unspecified atom stereocenters. The van der Waals surface area contributed by atoms with E-state index in [0.29, 0.717) is 19.3 Å². The van der Waals surface area contributed by atoms with Gasteiger partial charge in [0.05, 0.1) is 5.41 Å². The van der Waals surface area contributed by atoms with E-state index in [1.54, 1.807) is 0 Å². The fourth-order valence-electron chi connectivity index (χ4n) is 2.60. The summed E-state index contributed by atoms with van der Waals surface area (Å²) in [6.45, 7) is 10.1. The lowest BCUT2D eigenvalue weighted by molar-refractivity contribution is -0.158. The fourth-order valence-corrected chi connectivity index (χ4v) is 2.60. The zero-order chi connectivity index (χ0) is 22.0. The van der Waals surface area contributed by atoms with Crippen molar-refractivity contribution in [2.24, 2.45) is 5.41 Å². The summed E-state index contributed by atoms with van der Waals surface area (Å²) in [5.74, 6) is -0.931. The summed E-state index contributed by atoms with van der Waals surface area (Å²) < 4.78 is 16.0. The van der Waals surface area contributed by atoms with Crippen molar-refractivity contribution in [3.05, 3.63) is 6.92 Å². The van der Waals surface area contributed by atoms with Crippen LogP contribution in [-0.4, -0.2) is 37.7 Å². The van der Waals surface area contributed by atoms with Gasteiger partial charge in [-0.3, -0.25) is 14.4 Å². The van der Waals surface area contributed by atoms with E-state index >= 15 is 0 Å². The Kier molecular flexibility index (Phi) is 16.3. The lowest BCUT2D eigenvalue weighted by Gasteiger charge is -2.28. The van der Waals surface area contributed by atoms with Crippen molar-refractivity contribution >= 4 is 17.9 Å². The Bertz CT molecular complexity index is 396. The van der Waals surface area contributed by atoms with Gasteiger partial charge in [-0.15, -0.1) is 0 Å². The maximum absolute atomic E-state index is 11.9. The average molecular weight is 414 g/mol. The summed E-state index contributed by atoms with van der Waals surface area (Å²) in [5, 5.41) is 0. The second-order valence-corrected chi connectivity index (χ2v) is 7.85. The molecule has 0 N–H and O–H groups in total. The molecule has 0 aromatic rings. The summed E-state index contributed by atoms with van der Waals surface area (Å²) >= 11 is 0. The Morgan fingerprint density at radius 3 is 1.10 bits per heavy atom. The molecule has 29 heavy (non-hydrogen) atoms. The molecule has 0 aromatic carbocycles. The third-order valence-corrected chi connectivity index (χ3v) is 4.57. The first kappa shape index (κ1) is 27.4. The molecular weight excluding hydrogens is 372 g/mol. The van der Waals surface area contributed by atoms with Gasteiger partial charge in [-0.2, -0.15) is 0 Å². The standard InChI is InChI=1S/C23H41O6/c1-5-8-11-14-20(24)27-17-23(4,18-28-21(25)15-12-9-6-2)19-29-22(26)16-13-10-7-3/h4-19H2,1-3H3. The van der Waals surface area contributed by atoms with Crippen LogP contribution in [0.5, 0.6) is 0 Å². The summed E-state index contributed by atoms with van der Waals surface area (Å²) in [6, 6.07) is 0. The van der Waals surface area contributed by atoms with Crippen LogP contribution in [0.2, 0.25) is 0 Å². The second-order valence-electron chi connectivity index (χ2n) is 7.85. The van der Waals surface area contributed by atoms with Crippen molar-refractivity contribution in [2.45, 2.75) is 97.8 Å². The van der Waals surface area contributed by atoms with Crippen molar-refractivity contribution in [1.29, 1.82) is 0 Å². The summed E-state index contributed by atoms with van der Waals surface area (Å²) in [5.41, 5.74) is -0.999. The summed E-state index contributed by atoms with van der Waals surface area (Å²) in [7, 11) is 0. The minimum atomic E-state index is -0.999. The minimum Gasteiger partial charge on any atom is -0.465 e. The van der Waals surface area contributed by atoms with E-state index in [-0.39, 0.29) is 37.7 Å². The molecular formula is C23H41O6. The summed E-state index contributed by atoms with van der Waals surface area (Å²) in [4.78, 5) is 35.8. The first-order valence-corrected chi connectivity index (χ1v) is 11.2. The van der Waals surface area contributed by atoms with Crippen molar-refractivity contribution in [3.8, 4) is 0 Å². The van der Waals surface area contributed by atoms with Gasteiger partial charge in [-0.05, 0) is 26.2 Å². The molecule has 0 aliphatic rings. The SMILES string of the molecule is [CH2]C(COC(=O)CCCCC)(COC(=O)CCCCC)COC(=O)CCCCC. The molecule has 1 radical (unpaired) electrons. The Morgan fingerprint density at radius 1 is 0.586 bits per heavy atom. The number of rotatable bonds is 18. The van der Waals surface area contributed by atoms with Crippen molar-refractivity contribution in [3.63, 3.8) is 0 Å². The molecule has 0 saturated heterocycles. The minimum absolute atomic E-state index is 0.0531. The van der Waals surface area contributed by atoms with Gasteiger partial charge in [0.25, 0.3) is 0 Å². The van der Waals surface area contributed by atoms with Crippen LogP contribution >= 0.6 is 0 Å². The zero-order valence-corrected chi connectivity index (χ0v) is 18.8. The highest BCUT2D eigenvalue weighted by molar-refractivity contribution is 5.70. The van der Waals surface area contributed by atoms with E-state index in [0.717, 1.165) is 57.8 Å². The van der Waals surface area contributed by atoms with Crippen LogP contribution in [0.4, 0.5) is 0 Å². The van der Waals surface area contributed by atoms with Crippen LogP contribution in [0.3, 0.4) is 0 Å². The average Bonchev–Trinajstić information content (AvgIpc) is 2.70. The Balaban J connectivity index is 4.60. The van der Waals surface area contributed by atoms with E-state index in [4.69, 9.17) is 14.2 Å². The van der Waals surface area contributed by atoms with E-state index < -0.39 is 5.41 Å². The molecule has 0 heterocycles. The van der Waals surface area contributed by atoms with E-state index in [9.17, 15) is 14.4 Å². The van der Waals surface area contributed by atoms with Crippen molar-refractivity contribution < 1.29 is 28.6 Å². The quantitative estimate of drug-likeness (QED) is 0.175. The molecule has 6 heteroatoms. The van der Waals surface area contributed by atoms with Crippen LogP contribution in [0.15, 0.2) is 0 Å². The van der Waals surface area contributed by atoms with Crippen molar-refractivity contribution in [1.82, 2.24) is 0 Å². The predicted octanol–water partition coefficient (Wildman–Crippen LogP) is 5.18. The number of esters is 3. The molecule has 0 spiro atoms. The van der Waals surface area contributed by atoms with Crippen LogP contribution in [0, 0.1) is 12.3 Å². The van der Waals surface area contributed by atoms with Gasteiger partial charge in [-0.25, -0.2) is 0 Å². The summed E-state index contributed by atoms with van der Waals surface area (Å²) in [6.07, 6.45) is 9.33. The molecule has 0 fully saturated rings. The maximum atomic E-state index is 11.9. The van der Waals surface area contributed by atoms with E-state index in [1.807, 2.05) is 0 Å². The molecule has 0 amide bonds. The largest absolute Gasteiger partial charge is 0.465 e. The van der Waals surface area contributed by atoms with E-state index in [2.05, 4.69) is 27.7 Å². The molecule has 0 saturated carbocycles. The number of unbranched alkanes of at least 4 members (excludes halogenated alkanes) is 6. The molecule has 169 valence electrons. The first-order valence-electron chi connectivity index (χ1n) is 11.2. The van der Waals surface area contributed by atoms with Gasteiger partial charge in [-0.1, -0.05) is 59.3 Å². The van der Waals surface area contributed by atoms with Crippen LogP contribution in [-0.2, 0) is 28.6 Å². The smallest absolute Gasteiger partial charge is 0.305 e. The lowest BCUT2D eigenvalue weighted by Crippen LogP contribution is -2.37. The normalized spacial score (nSPS) is 11.2. The molecule has 6 nitrogen and oxygen atoms in total. The van der Waals surface area contributed by atoms with Crippen LogP contribution in [0.1, 0.15) is 97.8 Å². The fraction of sp³-hybridized carbons (Fsp3) is 0.826. The van der Waals surface area contributed by atoms with Crippen LogP contribution < -0.4 is 0 Å². The Labute approximate surface area is 177 Å². The molecule has 0 aliphatic heterocycles. The molecule has 0 aromatic heterocycles.